The zero-order chi connectivity index (χ0) is 13.2. The number of amides is 1. The number of esters is 1. The molecule has 0 radical (unpaired) electrons. The summed E-state index contributed by atoms with van der Waals surface area (Å²) in [6.07, 6.45) is 5.40. The van der Waals surface area contributed by atoms with Crippen LogP contribution in [-0.2, 0) is 19.1 Å². The van der Waals surface area contributed by atoms with Gasteiger partial charge in [0.15, 0.2) is 6.61 Å². The van der Waals surface area contributed by atoms with Crippen molar-refractivity contribution in [1.82, 2.24) is 4.90 Å². The molecule has 0 saturated carbocycles. The van der Waals surface area contributed by atoms with Gasteiger partial charge in [-0.1, -0.05) is 12.8 Å². The van der Waals surface area contributed by atoms with Crippen LogP contribution in [0.2, 0.25) is 0 Å². The molecule has 0 spiro atoms. The minimum atomic E-state index is -0.324. The summed E-state index contributed by atoms with van der Waals surface area (Å²) in [4.78, 5) is 24.9. The molecule has 1 saturated heterocycles. The van der Waals surface area contributed by atoms with E-state index in [4.69, 9.17) is 9.47 Å². The molecule has 1 amide bonds. The summed E-state index contributed by atoms with van der Waals surface area (Å²) in [5.41, 5.74) is 0. The first-order valence-electron chi connectivity index (χ1n) is 6.66. The van der Waals surface area contributed by atoms with Crippen molar-refractivity contribution in [3.63, 3.8) is 0 Å². The van der Waals surface area contributed by atoms with Crippen molar-refractivity contribution in [3.8, 4) is 0 Å². The van der Waals surface area contributed by atoms with Crippen LogP contribution in [0.1, 0.15) is 38.5 Å². The fraction of sp³-hybridized carbons (Fsp3) is 0.846. The van der Waals surface area contributed by atoms with Crippen LogP contribution in [0.3, 0.4) is 0 Å². The van der Waals surface area contributed by atoms with E-state index in [2.05, 4.69) is 0 Å². The summed E-state index contributed by atoms with van der Waals surface area (Å²) in [5, 5.41) is 0. The summed E-state index contributed by atoms with van der Waals surface area (Å²) in [5.74, 6) is -0.396. The first kappa shape index (κ1) is 15.0. The smallest absolute Gasteiger partial charge is 0.306 e. The Morgan fingerprint density at radius 1 is 1.11 bits per heavy atom. The maximum Gasteiger partial charge on any atom is 0.306 e. The van der Waals surface area contributed by atoms with Gasteiger partial charge >= 0.3 is 5.97 Å². The van der Waals surface area contributed by atoms with Crippen molar-refractivity contribution >= 4 is 11.9 Å². The van der Waals surface area contributed by atoms with Crippen LogP contribution in [0.15, 0.2) is 0 Å². The van der Waals surface area contributed by atoms with Gasteiger partial charge in [-0.2, -0.15) is 0 Å². The van der Waals surface area contributed by atoms with E-state index in [1.54, 1.807) is 12.0 Å². The van der Waals surface area contributed by atoms with E-state index < -0.39 is 0 Å². The molecule has 1 aliphatic heterocycles. The van der Waals surface area contributed by atoms with Gasteiger partial charge in [0, 0.05) is 33.2 Å². The molecule has 0 aliphatic carbocycles. The van der Waals surface area contributed by atoms with Gasteiger partial charge in [-0.05, 0) is 19.3 Å². The number of likely N-dealkylation sites (tertiary alicyclic amines) is 1. The number of ether oxygens (including phenoxy) is 2. The standard InChI is InChI=1S/C13H23NO4/c1-17-10-6-7-13(16)18-11-12(15)14-8-4-2-3-5-9-14/h2-11H2,1H3. The number of rotatable bonds is 6. The number of hydrogen-bond donors (Lipinski definition) is 0. The van der Waals surface area contributed by atoms with E-state index in [0.29, 0.717) is 19.4 Å². The molecule has 0 aromatic heterocycles. The van der Waals surface area contributed by atoms with Gasteiger partial charge in [0.1, 0.15) is 0 Å². The monoisotopic (exact) mass is 257 g/mol. The summed E-state index contributed by atoms with van der Waals surface area (Å²) in [6, 6.07) is 0. The van der Waals surface area contributed by atoms with Gasteiger partial charge < -0.3 is 14.4 Å². The number of carbonyl (C=O) groups is 2. The van der Waals surface area contributed by atoms with Crippen molar-refractivity contribution in [1.29, 1.82) is 0 Å². The Hall–Kier alpha value is -1.10. The molecular weight excluding hydrogens is 234 g/mol. The SMILES string of the molecule is COCCCC(=O)OCC(=O)N1CCCCCC1. The van der Waals surface area contributed by atoms with Crippen molar-refractivity contribution in [3.05, 3.63) is 0 Å². The van der Waals surface area contributed by atoms with E-state index >= 15 is 0 Å². The largest absolute Gasteiger partial charge is 0.456 e. The normalized spacial score (nSPS) is 16.2. The summed E-state index contributed by atoms with van der Waals surface area (Å²) < 4.78 is 9.80. The lowest BCUT2D eigenvalue weighted by atomic mass is 10.2. The molecule has 0 bridgehead atoms. The average Bonchev–Trinajstić information content (AvgIpc) is 2.65. The quantitative estimate of drug-likeness (QED) is 0.532. The summed E-state index contributed by atoms with van der Waals surface area (Å²) in [7, 11) is 1.59. The predicted molar refractivity (Wildman–Crippen MR) is 67.1 cm³/mol. The van der Waals surface area contributed by atoms with Gasteiger partial charge in [0.05, 0.1) is 0 Å². The first-order chi connectivity index (χ1) is 8.74. The van der Waals surface area contributed by atoms with E-state index in [-0.39, 0.29) is 18.5 Å². The molecule has 1 rings (SSSR count). The lowest BCUT2D eigenvalue weighted by Gasteiger charge is -2.19. The third-order valence-corrected chi connectivity index (χ3v) is 3.04. The molecular formula is C13H23NO4. The van der Waals surface area contributed by atoms with Crippen molar-refractivity contribution < 1.29 is 19.1 Å². The van der Waals surface area contributed by atoms with Crippen molar-refractivity contribution in [2.75, 3.05) is 33.4 Å². The average molecular weight is 257 g/mol. The topological polar surface area (TPSA) is 55.8 Å². The minimum Gasteiger partial charge on any atom is -0.456 e. The van der Waals surface area contributed by atoms with Crippen LogP contribution in [0.4, 0.5) is 0 Å². The zero-order valence-corrected chi connectivity index (χ0v) is 11.2. The lowest BCUT2D eigenvalue weighted by Crippen LogP contribution is -2.35. The van der Waals surface area contributed by atoms with Gasteiger partial charge in [-0.25, -0.2) is 0 Å². The lowest BCUT2D eigenvalue weighted by molar-refractivity contribution is -0.152. The second kappa shape index (κ2) is 8.91. The molecule has 0 unspecified atom stereocenters. The van der Waals surface area contributed by atoms with Gasteiger partial charge in [0.25, 0.3) is 5.91 Å². The Labute approximate surface area is 108 Å². The Morgan fingerprint density at radius 2 is 1.78 bits per heavy atom. The van der Waals surface area contributed by atoms with Crippen molar-refractivity contribution in [2.45, 2.75) is 38.5 Å². The molecule has 0 atom stereocenters. The van der Waals surface area contributed by atoms with Crippen LogP contribution in [-0.4, -0.2) is 50.2 Å². The maximum atomic E-state index is 11.8. The highest BCUT2D eigenvalue weighted by Crippen LogP contribution is 2.09. The molecule has 0 aromatic carbocycles. The molecule has 1 heterocycles. The van der Waals surface area contributed by atoms with E-state index in [1.807, 2.05) is 0 Å². The Bertz CT molecular complexity index is 260. The van der Waals surface area contributed by atoms with E-state index in [1.165, 1.54) is 12.8 Å². The molecule has 1 fully saturated rings. The maximum absolute atomic E-state index is 11.8. The third-order valence-electron chi connectivity index (χ3n) is 3.04. The number of nitrogens with zero attached hydrogens (tertiary/aromatic N) is 1. The van der Waals surface area contributed by atoms with Crippen LogP contribution in [0, 0.1) is 0 Å². The number of methoxy groups -OCH3 is 1. The number of carbonyl (C=O) groups excluding carboxylic acids is 2. The number of hydrogen-bond acceptors (Lipinski definition) is 4. The summed E-state index contributed by atoms with van der Waals surface area (Å²) >= 11 is 0. The first-order valence-corrected chi connectivity index (χ1v) is 6.66. The van der Waals surface area contributed by atoms with Gasteiger partial charge in [-0.15, -0.1) is 0 Å². The van der Waals surface area contributed by atoms with Gasteiger partial charge in [0.2, 0.25) is 0 Å². The molecule has 1 aliphatic rings. The molecule has 18 heavy (non-hydrogen) atoms. The van der Waals surface area contributed by atoms with Crippen molar-refractivity contribution in [2.24, 2.45) is 0 Å². The highest BCUT2D eigenvalue weighted by Gasteiger charge is 2.16. The minimum absolute atomic E-state index is 0.0722. The highest BCUT2D eigenvalue weighted by molar-refractivity contribution is 5.80. The van der Waals surface area contributed by atoms with E-state index in [9.17, 15) is 9.59 Å². The second-order valence-electron chi connectivity index (χ2n) is 4.55. The molecule has 0 aromatic rings. The van der Waals surface area contributed by atoms with Crippen LogP contribution in [0.25, 0.3) is 0 Å². The van der Waals surface area contributed by atoms with Gasteiger partial charge in [-0.3, -0.25) is 9.59 Å². The molecule has 104 valence electrons. The Kier molecular flexibility index (Phi) is 7.41. The second-order valence-corrected chi connectivity index (χ2v) is 4.55. The Morgan fingerprint density at radius 3 is 2.39 bits per heavy atom. The predicted octanol–water partition coefficient (Wildman–Crippen LogP) is 1.36. The fourth-order valence-corrected chi connectivity index (χ4v) is 1.99. The molecule has 5 nitrogen and oxygen atoms in total. The summed E-state index contributed by atoms with van der Waals surface area (Å²) in [6.45, 7) is 2.00. The Balaban J connectivity index is 2.16. The fourth-order valence-electron chi connectivity index (χ4n) is 1.99. The molecule has 5 heteroatoms. The third kappa shape index (κ3) is 6.00. The molecule has 0 N–H and O–H groups in total. The van der Waals surface area contributed by atoms with Crippen LogP contribution in [0.5, 0.6) is 0 Å². The zero-order valence-electron chi connectivity index (χ0n) is 11.2. The van der Waals surface area contributed by atoms with Crippen LogP contribution < -0.4 is 0 Å². The van der Waals surface area contributed by atoms with Crippen LogP contribution >= 0.6 is 0 Å². The van der Waals surface area contributed by atoms with E-state index in [0.717, 1.165) is 25.9 Å². The highest BCUT2D eigenvalue weighted by atomic mass is 16.5.